The summed E-state index contributed by atoms with van der Waals surface area (Å²) in [6, 6.07) is 0. The van der Waals surface area contributed by atoms with Crippen LogP contribution in [0.4, 0.5) is 0 Å². The molecule has 2 heteroatoms. The van der Waals surface area contributed by atoms with E-state index in [4.69, 9.17) is 4.74 Å². The van der Waals surface area contributed by atoms with Crippen molar-refractivity contribution in [3.05, 3.63) is 29.7 Å². The van der Waals surface area contributed by atoms with Crippen LogP contribution in [0.1, 0.15) is 12.8 Å². The molecule has 0 aliphatic carbocycles. The number of hydrogen-bond donors (Lipinski definition) is 0. The lowest BCUT2D eigenvalue weighted by Crippen LogP contribution is -2.14. The Balaban J connectivity index is 1.94. The molecule has 0 amide bonds. The van der Waals surface area contributed by atoms with E-state index in [2.05, 4.69) is 12.2 Å². The number of ether oxygens (including phenoxy) is 1. The summed E-state index contributed by atoms with van der Waals surface area (Å²) in [5, 5.41) is 1.49. The molecule has 59 valence electrons. The van der Waals surface area contributed by atoms with Crippen molar-refractivity contribution in [1.82, 2.24) is 0 Å². The second-order valence-electron chi connectivity index (χ2n) is 2.69. The Morgan fingerprint density at radius 3 is 3.09 bits per heavy atom. The topological polar surface area (TPSA) is 9.23 Å². The highest BCUT2D eigenvalue weighted by Crippen LogP contribution is 2.38. The van der Waals surface area contributed by atoms with E-state index in [9.17, 15) is 0 Å². The normalized spacial score (nSPS) is 30.7. The highest BCUT2D eigenvalue weighted by atomic mass is 32.2. The van der Waals surface area contributed by atoms with Gasteiger partial charge in [0, 0.05) is 0 Å². The molecule has 0 aromatic rings. The van der Waals surface area contributed by atoms with Gasteiger partial charge in [-0.1, -0.05) is 6.08 Å². The van der Waals surface area contributed by atoms with Gasteiger partial charge in [0.2, 0.25) is 0 Å². The summed E-state index contributed by atoms with van der Waals surface area (Å²) in [5.74, 6) is 1.27. The zero-order valence-corrected chi connectivity index (χ0v) is 7.14. The standard InChI is InChI=1S/C9H11OS/c1-2-6-10-8(4-1)9-5-3-7-11-9/h1-2,4,6,8H,3,5,7H2. The summed E-state index contributed by atoms with van der Waals surface area (Å²) in [6.07, 6.45) is 10.7. The molecule has 1 saturated heterocycles. The zero-order chi connectivity index (χ0) is 7.52. The Morgan fingerprint density at radius 2 is 2.45 bits per heavy atom. The van der Waals surface area contributed by atoms with Gasteiger partial charge in [0.15, 0.2) is 0 Å². The predicted molar refractivity (Wildman–Crippen MR) is 48.1 cm³/mol. The smallest absolute Gasteiger partial charge is 0.132 e. The van der Waals surface area contributed by atoms with E-state index in [1.165, 1.54) is 23.8 Å². The molecule has 0 aromatic carbocycles. The molecule has 1 atom stereocenters. The van der Waals surface area contributed by atoms with Gasteiger partial charge in [-0.25, -0.2) is 0 Å². The number of hydrogen-bond acceptors (Lipinski definition) is 2. The predicted octanol–water partition coefficient (Wildman–Crippen LogP) is 2.51. The minimum Gasteiger partial charge on any atom is -0.492 e. The summed E-state index contributed by atoms with van der Waals surface area (Å²) in [5.41, 5.74) is 0. The molecule has 1 unspecified atom stereocenters. The number of rotatable bonds is 1. The highest BCUT2D eigenvalue weighted by Gasteiger charge is 2.25. The lowest BCUT2D eigenvalue weighted by atomic mass is 10.1. The van der Waals surface area contributed by atoms with Crippen LogP contribution in [-0.4, -0.2) is 11.9 Å². The van der Waals surface area contributed by atoms with Crippen molar-refractivity contribution in [2.45, 2.75) is 18.9 Å². The van der Waals surface area contributed by atoms with Crippen molar-refractivity contribution in [3.8, 4) is 0 Å². The van der Waals surface area contributed by atoms with E-state index >= 15 is 0 Å². The average Bonchev–Trinajstić information content (AvgIpc) is 2.58. The third kappa shape index (κ3) is 1.62. The van der Waals surface area contributed by atoms with E-state index in [1.807, 2.05) is 17.8 Å². The molecular formula is C9H11OS. The Bertz CT molecular complexity index is 180. The first-order chi connectivity index (χ1) is 5.47. The molecule has 0 spiro atoms. The minimum absolute atomic E-state index is 0.257. The van der Waals surface area contributed by atoms with Crippen LogP contribution in [0.5, 0.6) is 0 Å². The Morgan fingerprint density at radius 1 is 1.45 bits per heavy atom. The average molecular weight is 167 g/mol. The van der Waals surface area contributed by atoms with Crippen molar-refractivity contribution >= 4 is 11.8 Å². The van der Waals surface area contributed by atoms with Gasteiger partial charge in [0.25, 0.3) is 0 Å². The third-order valence-electron chi connectivity index (χ3n) is 1.87. The van der Waals surface area contributed by atoms with Gasteiger partial charge in [0.1, 0.15) is 6.10 Å². The van der Waals surface area contributed by atoms with Crippen LogP contribution >= 0.6 is 11.8 Å². The van der Waals surface area contributed by atoms with Gasteiger partial charge in [-0.05, 0) is 30.7 Å². The molecule has 1 fully saturated rings. The van der Waals surface area contributed by atoms with Crippen molar-refractivity contribution in [1.29, 1.82) is 0 Å². The van der Waals surface area contributed by atoms with Crippen molar-refractivity contribution in [2.75, 3.05) is 5.75 Å². The van der Waals surface area contributed by atoms with E-state index < -0.39 is 0 Å². The fraction of sp³-hybridized carbons (Fsp3) is 0.444. The molecule has 11 heavy (non-hydrogen) atoms. The molecule has 2 aliphatic heterocycles. The molecule has 1 radical (unpaired) electrons. The summed E-state index contributed by atoms with van der Waals surface area (Å²) in [7, 11) is 0. The first-order valence-electron chi connectivity index (χ1n) is 3.94. The van der Waals surface area contributed by atoms with Crippen LogP contribution in [0.2, 0.25) is 0 Å². The Kier molecular flexibility index (Phi) is 2.22. The largest absolute Gasteiger partial charge is 0.492 e. The lowest BCUT2D eigenvalue weighted by Gasteiger charge is -2.19. The van der Waals surface area contributed by atoms with Gasteiger partial charge < -0.3 is 4.74 Å². The molecule has 0 N–H and O–H groups in total. The fourth-order valence-corrected chi connectivity index (χ4v) is 2.45. The first-order valence-corrected chi connectivity index (χ1v) is 4.93. The quantitative estimate of drug-likeness (QED) is 0.593. The van der Waals surface area contributed by atoms with Gasteiger partial charge in [-0.2, -0.15) is 0 Å². The maximum Gasteiger partial charge on any atom is 0.132 e. The molecule has 2 heterocycles. The maximum absolute atomic E-state index is 5.44. The second kappa shape index (κ2) is 3.35. The van der Waals surface area contributed by atoms with Crippen LogP contribution in [0.3, 0.4) is 0 Å². The van der Waals surface area contributed by atoms with Crippen LogP contribution < -0.4 is 0 Å². The van der Waals surface area contributed by atoms with Gasteiger partial charge in [0.05, 0.1) is 11.5 Å². The molecule has 2 rings (SSSR count). The molecule has 2 aliphatic rings. The van der Waals surface area contributed by atoms with Gasteiger partial charge in [-0.3, -0.25) is 0 Å². The third-order valence-corrected chi connectivity index (χ3v) is 3.17. The summed E-state index contributed by atoms with van der Waals surface area (Å²) in [4.78, 5) is 0. The van der Waals surface area contributed by atoms with E-state index in [0.29, 0.717) is 0 Å². The van der Waals surface area contributed by atoms with E-state index in [1.54, 1.807) is 6.26 Å². The Hall–Kier alpha value is -0.370. The SMILES string of the molecule is C1=COC([C]2CCCS2)C=C1. The van der Waals surface area contributed by atoms with Crippen molar-refractivity contribution < 1.29 is 4.74 Å². The summed E-state index contributed by atoms with van der Waals surface area (Å²) < 4.78 is 5.44. The van der Waals surface area contributed by atoms with Crippen molar-refractivity contribution in [3.63, 3.8) is 0 Å². The molecule has 0 aromatic heterocycles. The van der Waals surface area contributed by atoms with Crippen LogP contribution in [0.25, 0.3) is 0 Å². The van der Waals surface area contributed by atoms with E-state index in [-0.39, 0.29) is 6.10 Å². The molecular weight excluding hydrogens is 156 g/mol. The number of thioether (sulfide) groups is 1. The van der Waals surface area contributed by atoms with Crippen LogP contribution in [0, 0.1) is 5.25 Å². The minimum atomic E-state index is 0.257. The fourth-order valence-electron chi connectivity index (χ4n) is 1.32. The number of allylic oxidation sites excluding steroid dienone is 2. The van der Waals surface area contributed by atoms with Crippen molar-refractivity contribution in [2.24, 2.45) is 0 Å². The lowest BCUT2D eigenvalue weighted by molar-refractivity contribution is 0.203. The van der Waals surface area contributed by atoms with Crippen LogP contribution in [-0.2, 0) is 4.74 Å². The monoisotopic (exact) mass is 167 g/mol. The molecule has 0 saturated carbocycles. The molecule has 1 nitrogen and oxygen atoms in total. The maximum atomic E-state index is 5.44. The van der Waals surface area contributed by atoms with Crippen LogP contribution in [0.15, 0.2) is 24.5 Å². The first kappa shape index (κ1) is 7.29. The van der Waals surface area contributed by atoms with Gasteiger partial charge in [-0.15, -0.1) is 11.8 Å². The van der Waals surface area contributed by atoms with E-state index in [0.717, 1.165) is 0 Å². The van der Waals surface area contributed by atoms with Gasteiger partial charge >= 0.3 is 0 Å². The highest BCUT2D eigenvalue weighted by molar-refractivity contribution is 8.02. The zero-order valence-electron chi connectivity index (χ0n) is 6.32. The summed E-state index contributed by atoms with van der Waals surface area (Å²) in [6.45, 7) is 0. The Labute approximate surface area is 71.5 Å². The molecule has 0 bridgehead atoms. The second-order valence-corrected chi connectivity index (χ2v) is 3.91. The summed E-state index contributed by atoms with van der Waals surface area (Å²) >= 11 is 1.96.